The Labute approximate surface area is 120 Å². The summed E-state index contributed by atoms with van der Waals surface area (Å²) in [6, 6.07) is 6.12. The lowest BCUT2D eigenvalue weighted by atomic mass is 10.2. The number of benzene rings is 1. The predicted molar refractivity (Wildman–Crippen MR) is 78.5 cm³/mol. The lowest BCUT2D eigenvalue weighted by Gasteiger charge is -2.07. The molecule has 0 radical (unpaired) electrons. The van der Waals surface area contributed by atoms with Gasteiger partial charge >= 0.3 is 0 Å². The highest BCUT2D eigenvalue weighted by Crippen LogP contribution is 2.10. The molecule has 0 atom stereocenters. The zero-order valence-corrected chi connectivity index (χ0v) is 13.0. The van der Waals surface area contributed by atoms with Gasteiger partial charge in [0.1, 0.15) is 0 Å². The SMILES string of the molecule is CS(=O)(=O)c1ccc(CNS(=O)(=O)CCCCN)cc1. The molecule has 0 saturated heterocycles. The first-order chi connectivity index (χ1) is 9.24. The molecule has 0 amide bonds. The number of nitrogens with two attached hydrogens (primary N) is 1. The summed E-state index contributed by atoms with van der Waals surface area (Å²) in [4.78, 5) is 0.215. The highest BCUT2D eigenvalue weighted by Gasteiger charge is 2.10. The van der Waals surface area contributed by atoms with Crippen LogP contribution in [0.4, 0.5) is 0 Å². The van der Waals surface area contributed by atoms with E-state index in [4.69, 9.17) is 5.73 Å². The Kier molecular flexibility index (Phi) is 6.12. The molecule has 0 bridgehead atoms. The lowest BCUT2D eigenvalue weighted by Crippen LogP contribution is -2.26. The smallest absolute Gasteiger partial charge is 0.211 e. The van der Waals surface area contributed by atoms with Gasteiger partial charge in [-0.05, 0) is 37.1 Å². The molecular formula is C12H20N2O4S2. The Bertz CT molecular complexity index is 622. The minimum Gasteiger partial charge on any atom is -0.330 e. The van der Waals surface area contributed by atoms with Crippen LogP contribution in [0.3, 0.4) is 0 Å². The van der Waals surface area contributed by atoms with Gasteiger partial charge in [0.25, 0.3) is 0 Å². The van der Waals surface area contributed by atoms with Crippen LogP contribution in [-0.2, 0) is 26.4 Å². The Morgan fingerprint density at radius 3 is 2.15 bits per heavy atom. The maximum Gasteiger partial charge on any atom is 0.211 e. The third-order valence-electron chi connectivity index (χ3n) is 2.71. The normalized spacial score (nSPS) is 12.5. The third kappa shape index (κ3) is 6.00. The van der Waals surface area contributed by atoms with Gasteiger partial charge in [0, 0.05) is 12.8 Å². The molecule has 0 aliphatic rings. The van der Waals surface area contributed by atoms with Crippen LogP contribution >= 0.6 is 0 Å². The van der Waals surface area contributed by atoms with Crippen LogP contribution in [0.1, 0.15) is 18.4 Å². The van der Waals surface area contributed by atoms with E-state index in [1.54, 1.807) is 12.1 Å². The molecule has 6 nitrogen and oxygen atoms in total. The molecule has 1 aromatic rings. The second-order valence-corrected chi connectivity index (χ2v) is 8.49. The molecule has 0 aliphatic carbocycles. The van der Waals surface area contributed by atoms with Gasteiger partial charge in [-0.1, -0.05) is 12.1 Å². The minimum atomic E-state index is -3.31. The number of rotatable bonds is 8. The van der Waals surface area contributed by atoms with E-state index in [9.17, 15) is 16.8 Å². The van der Waals surface area contributed by atoms with Gasteiger partial charge in [-0.15, -0.1) is 0 Å². The minimum absolute atomic E-state index is 0.0472. The summed E-state index contributed by atoms with van der Waals surface area (Å²) >= 11 is 0. The molecule has 0 spiro atoms. The quantitative estimate of drug-likeness (QED) is 0.668. The van der Waals surface area contributed by atoms with E-state index in [1.807, 2.05) is 0 Å². The molecule has 0 aromatic heterocycles. The summed E-state index contributed by atoms with van der Waals surface area (Å²) in [7, 11) is -6.54. The van der Waals surface area contributed by atoms with Crippen LogP contribution in [0.2, 0.25) is 0 Å². The maximum atomic E-state index is 11.7. The van der Waals surface area contributed by atoms with E-state index in [-0.39, 0.29) is 17.2 Å². The average molecular weight is 320 g/mol. The van der Waals surface area contributed by atoms with E-state index >= 15 is 0 Å². The van der Waals surface area contributed by atoms with Crippen molar-refractivity contribution in [1.29, 1.82) is 0 Å². The van der Waals surface area contributed by atoms with Crippen LogP contribution in [0.15, 0.2) is 29.2 Å². The number of hydrogen-bond donors (Lipinski definition) is 2. The zero-order valence-electron chi connectivity index (χ0n) is 11.4. The van der Waals surface area contributed by atoms with Crippen molar-refractivity contribution in [2.75, 3.05) is 18.6 Å². The van der Waals surface area contributed by atoms with Gasteiger partial charge in [0.05, 0.1) is 10.6 Å². The number of sulfone groups is 1. The molecule has 0 saturated carbocycles. The molecule has 0 fully saturated rings. The van der Waals surface area contributed by atoms with Crippen molar-refractivity contribution < 1.29 is 16.8 Å². The maximum absolute atomic E-state index is 11.7. The van der Waals surface area contributed by atoms with E-state index < -0.39 is 19.9 Å². The van der Waals surface area contributed by atoms with Crippen LogP contribution in [-0.4, -0.2) is 35.4 Å². The van der Waals surface area contributed by atoms with Crippen molar-refractivity contribution in [3.8, 4) is 0 Å². The Morgan fingerprint density at radius 2 is 1.65 bits per heavy atom. The fourth-order valence-corrected chi connectivity index (χ4v) is 3.30. The van der Waals surface area contributed by atoms with Gasteiger partial charge in [0.15, 0.2) is 9.84 Å². The summed E-state index contributed by atoms with van der Waals surface area (Å²) in [5, 5.41) is 0. The molecule has 1 aromatic carbocycles. The molecule has 0 aliphatic heterocycles. The van der Waals surface area contributed by atoms with Gasteiger partial charge in [-0.3, -0.25) is 0 Å². The van der Waals surface area contributed by atoms with Crippen molar-refractivity contribution in [2.24, 2.45) is 5.73 Å². The molecule has 0 unspecified atom stereocenters. The van der Waals surface area contributed by atoms with E-state index in [0.717, 1.165) is 6.26 Å². The first-order valence-electron chi connectivity index (χ1n) is 6.21. The Morgan fingerprint density at radius 1 is 1.05 bits per heavy atom. The summed E-state index contributed by atoms with van der Waals surface area (Å²) < 4.78 is 48.4. The van der Waals surface area contributed by atoms with Crippen molar-refractivity contribution >= 4 is 19.9 Å². The first kappa shape index (κ1) is 17.1. The van der Waals surface area contributed by atoms with Gasteiger partial charge in [0.2, 0.25) is 10.0 Å². The van der Waals surface area contributed by atoms with Crippen LogP contribution in [0.5, 0.6) is 0 Å². The zero-order chi connectivity index (χ0) is 15.2. The highest BCUT2D eigenvalue weighted by atomic mass is 32.2. The monoisotopic (exact) mass is 320 g/mol. The van der Waals surface area contributed by atoms with Gasteiger partial charge in [-0.2, -0.15) is 0 Å². The number of hydrogen-bond acceptors (Lipinski definition) is 5. The summed E-state index contributed by atoms with van der Waals surface area (Å²) in [5.74, 6) is 0.0472. The Hall–Kier alpha value is -0.960. The highest BCUT2D eigenvalue weighted by molar-refractivity contribution is 7.90. The Balaban J connectivity index is 2.58. The second-order valence-electron chi connectivity index (χ2n) is 4.55. The number of nitrogens with one attached hydrogen (secondary N) is 1. The van der Waals surface area contributed by atoms with E-state index in [1.165, 1.54) is 12.1 Å². The molecule has 114 valence electrons. The van der Waals surface area contributed by atoms with E-state index in [0.29, 0.717) is 24.9 Å². The summed E-state index contributed by atoms with van der Waals surface area (Å²) in [6.45, 7) is 0.622. The molecule has 0 heterocycles. The molecule has 1 rings (SSSR count). The third-order valence-corrected chi connectivity index (χ3v) is 5.25. The van der Waals surface area contributed by atoms with Crippen LogP contribution in [0, 0.1) is 0 Å². The summed E-state index contributed by atoms with van der Waals surface area (Å²) in [6.07, 6.45) is 2.32. The largest absolute Gasteiger partial charge is 0.330 e. The van der Waals surface area contributed by atoms with Crippen molar-refractivity contribution in [2.45, 2.75) is 24.3 Å². The fraction of sp³-hybridized carbons (Fsp3) is 0.500. The van der Waals surface area contributed by atoms with Gasteiger partial charge < -0.3 is 5.73 Å². The second kappa shape index (κ2) is 7.16. The lowest BCUT2D eigenvalue weighted by molar-refractivity contribution is 0.577. The number of sulfonamides is 1. The average Bonchev–Trinajstić information content (AvgIpc) is 2.36. The topological polar surface area (TPSA) is 106 Å². The molecule has 20 heavy (non-hydrogen) atoms. The van der Waals surface area contributed by atoms with Gasteiger partial charge in [-0.25, -0.2) is 21.6 Å². The first-order valence-corrected chi connectivity index (χ1v) is 9.75. The number of unbranched alkanes of at least 4 members (excludes halogenated alkanes) is 1. The molecular weight excluding hydrogens is 300 g/mol. The van der Waals surface area contributed by atoms with Crippen molar-refractivity contribution in [3.05, 3.63) is 29.8 Å². The summed E-state index contributed by atoms with van der Waals surface area (Å²) in [5.41, 5.74) is 6.02. The van der Waals surface area contributed by atoms with Crippen molar-refractivity contribution in [3.63, 3.8) is 0 Å². The predicted octanol–water partition coefficient (Wildman–Crippen LogP) is 0.248. The fourth-order valence-electron chi connectivity index (χ4n) is 1.56. The van der Waals surface area contributed by atoms with E-state index in [2.05, 4.69) is 4.72 Å². The molecule has 8 heteroatoms. The standard InChI is InChI=1S/C12H20N2O4S2/c1-19(15,16)12-6-4-11(5-7-12)10-14-20(17,18)9-3-2-8-13/h4-7,14H,2-3,8-10,13H2,1H3. The molecule has 3 N–H and O–H groups in total. The van der Waals surface area contributed by atoms with Crippen molar-refractivity contribution in [1.82, 2.24) is 4.72 Å². The van der Waals surface area contributed by atoms with Crippen LogP contribution in [0.25, 0.3) is 0 Å². The van der Waals surface area contributed by atoms with Crippen LogP contribution < -0.4 is 10.5 Å².